The summed E-state index contributed by atoms with van der Waals surface area (Å²) in [6, 6.07) is 20.6. The molecule has 0 fully saturated rings. The molecule has 0 amide bonds. The van der Waals surface area contributed by atoms with E-state index >= 15 is 0 Å². The van der Waals surface area contributed by atoms with Gasteiger partial charge in [-0.15, -0.1) is 0 Å². The molecular weight excluding hydrogens is 446 g/mol. The Bertz CT molecular complexity index is 931. The number of benzene rings is 2. The normalized spacial score (nSPS) is 16.2. The molecule has 0 spiro atoms. The molecule has 2 aromatic carbocycles. The highest BCUT2D eigenvalue weighted by atomic mass is 32.2. The number of ether oxygens (including phenoxy) is 1. The molecule has 182 valence electrons. The van der Waals surface area contributed by atoms with Gasteiger partial charge in [-0.05, 0) is 56.5 Å². The van der Waals surface area contributed by atoms with Crippen LogP contribution in [0.3, 0.4) is 0 Å². The molecule has 0 N–H and O–H groups in total. The predicted molar refractivity (Wildman–Crippen MR) is 143 cm³/mol. The second-order valence-corrected chi connectivity index (χ2v) is 17.7. The molecule has 2 rings (SSSR count). The van der Waals surface area contributed by atoms with Crippen molar-refractivity contribution in [2.45, 2.75) is 76.9 Å². The Kier molecular flexibility index (Phi) is 9.25. The van der Waals surface area contributed by atoms with Gasteiger partial charge in [0.05, 0.1) is 23.9 Å². The highest BCUT2D eigenvalue weighted by Crippen LogP contribution is 2.42. The summed E-state index contributed by atoms with van der Waals surface area (Å²) < 4.78 is 30.0. The van der Waals surface area contributed by atoms with Crippen LogP contribution in [-0.2, 0) is 26.6 Å². The average molecular weight is 488 g/mol. The zero-order valence-corrected chi connectivity index (χ0v) is 23.5. The fourth-order valence-electron chi connectivity index (χ4n) is 3.19. The Labute approximate surface area is 204 Å². The Morgan fingerprint density at radius 2 is 1.45 bits per heavy atom. The van der Waals surface area contributed by atoms with Crippen LogP contribution < -0.4 is 0 Å². The summed E-state index contributed by atoms with van der Waals surface area (Å²) >= 11 is 0. The van der Waals surface area contributed by atoms with Gasteiger partial charge in [0.1, 0.15) is 11.0 Å². The summed E-state index contributed by atoms with van der Waals surface area (Å²) in [7, 11) is -1.98. The van der Waals surface area contributed by atoms with Gasteiger partial charge in [-0.3, -0.25) is 0 Å². The molecule has 0 saturated carbocycles. The topological polar surface area (TPSA) is 47.9 Å². The van der Waals surface area contributed by atoms with E-state index in [0.717, 1.165) is 11.1 Å². The summed E-state index contributed by atoms with van der Waals surface area (Å²) in [5.74, 6) is 0.250. The van der Waals surface area contributed by atoms with Crippen LogP contribution in [0.4, 0.5) is 0 Å². The van der Waals surface area contributed by atoms with Crippen LogP contribution in [-0.4, -0.2) is 30.3 Å². The van der Waals surface area contributed by atoms with E-state index in [9.17, 15) is 4.21 Å². The summed E-state index contributed by atoms with van der Waals surface area (Å²) in [5, 5.41) is 0.0376. The third-order valence-corrected chi connectivity index (χ3v) is 12.1. The van der Waals surface area contributed by atoms with Crippen LogP contribution in [0, 0.1) is 5.92 Å². The molecule has 0 bridgehead atoms. The van der Waals surface area contributed by atoms with Gasteiger partial charge in [-0.1, -0.05) is 81.4 Å². The van der Waals surface area contributed by atoms with E-state index in [-0.39, 0.29) is 17.1 Å². The molecular formula is C27H41NO3SSi. The minimum Gasteiger partial charge on any atom is -0.483 e. The van der Waals surface area contributed by atoms with Crippen LogP contribution in [0.1, 0.15) is 58.8 Å². The first kappa shape index (κ1) is 27.5. The average Bonchev–Trinajstić information content (AvgIpc) is 2.74. The van der Waals surface area contributed by atoms with Crippen molar-refractivity contribution in [1.29, 1.82) is 0 Å². The SMILES string of the molecule is CO/C(=N/[S@](=O)C(C)(C)C)[C@H](Cc1ccccc1)[C@H](O[Si](C)(C)C(C)(C)C)c1ccccc1. The summed E-state index contributed by atoms with van der Waals surface area (Å²) in [5.41, 5.74) is 2.24. The Balaban J connectivity index is 2.66. The fourth-order valence-corrected chi connectivity index (χ4v) is 5.12. The number of rotatable bonds is 8. The monoisotopic (exact) mass is 487 g/mol. The van der Waals surface area contributed by atoms with Crippen LogP contribution in [0.5, 0.6) is 0 Å². The van der Waals surface area contributed by atoms with Crippen LogP contribution in [0.25, 0.3) is 0 Å². The fraction of sp³-hybridized carbons (Fsp3) is 0.519. The molecule has 4 nitrogen and oxygen atoms in total. The van der Waals surface area contributed by atoms with Crippen LogP contribution >= 0.6 is 0 Å². The number of hydrogen-bond donors (Lipinski definition) is 0. The van der Waals surface area contributed by atoms with E-state index < -0.39 is 24.1 Å². The lowest BCUT2D eigenvalue weighted by atomic mass is 9.89. The summed E-state index contributed by atoms with van der Waals surface area (Å²) in [4.78, 5) is 0. The van der Waals surface area contributed by atoms with Crippen molar-refractivity contribution in [2.75, 3.05) is 7.11 Å². The Morgan fingerprint density at radius 3 is 1.91 bits per heavy atom. The van der Waals surface area contributed by atoms with Gasteiger partial charge in [-0.25, -0.2) is 4.21 Å². The standard InChI is InChI=1S/C27H41NO3SSi/c1-26(2,3)32(29)28-25(30-7)23(20-21-16-12-10-13-17-21)24(22-18-14-11-15-19-22)31-33(8,9)27(4,5)6/h10-19,23-24H,20H2,1-9H3/b28-25+/t23-,24-,32-/m1/s1. The number of methoxy groups -OCH3 is 1. The summed E-state index contributed by atoms with van der Waals surface area (Å²) in [6.07, 6.45) is 0.395. The number of hydrogen-bond acceptors (Lipinski definition) is 3. The second-order valence-electron chi connectivity index (χ2n) is 11.0. The highest BCUT2D eigenvalue weighted by molar-refractivity contribution is 7.85. The maximum Gasteiger partial charge on any atom is 0.203 e. The van der Waals surface area contributed by atoms with Gasteiger partial charge >= 0.3 is 0 Å². The van der Waals surface area contributed by atoms with Crippen molar-refractivity contribution < 1.29 is 13.4 Å². The van der Waals surface area contributed by atoms with Crippen molar-refractivity contribution in [2.24, 2.45) is 10.3 Å². The molecule has 0 aliphatic heterocycles. The molecule has 0 aliphatic carbocycles. The van der Waals surface area contributed by atoms with Gasteiger partial charge < -0.3 is 9.16 Å². The quantitative estimate of drug-likeness (QED) is 0.226. The van der Waals surface area contributed by atoms with Gasteiger partial charge in [0.25, 0.3) is 0 Å². The number of nitrogens with zero attached hydrogens (tertiary/aromatic N) is 1. The van der Waals surface area contributed by atoms with Crippen molar-refractivity contribution in [3.05, 3.63) is 71.8 Å². The molecule has 0 aliphatic rings. The van der Waals surface area contributed by atoms with Crippen molar-refractivity contribution in [3.63, 3.8) is 0 Å². The van der Waals surface area contributed by atoms with Gasteiger partial charge in [0, 0.05) is 0 Å². The molecule has 3 atom stereocenters. The van der Waals surface area contributed by atoms with E-state index in [4.69, 9.17) is 9.16 Å². The highest BCUT2D eigenvalue weighted by Gasteiger charge is 2.42. The molecule has 0 saturated heterocycles. The molecule has 0 heterocycles. The van der Waals surface area contributed by atoms with E-state index in [0.29, 0.717) is 12.3 Å². The molecule has 0 unspecified atom stereocenters. The lowest BCUT2D eigenvalue weighted by molar-refractivity contribution is 0.135. The third kappa shape index (κ3) is 7.62. The first-order valence-electron chi connectivity index (χ1n) is 11.6. The lowest BCUT2D eigenvalue weighted by Crippen LogP contribution is -2.44. The second kappa shape index (κ2) is 11.1. The van der Waals surface area contributed by atoms with Crippen molar-refractivity contribution in [1.82, 2.24) is 0 Å². The minimum atomic E-state index is -2.15. The van der Waals surface area contributed by atoms with E-state index in [2.05, 4.69) is 62.5 Å². The maximum atomic E-state index is 13.0. The lowest BCUT2D eigenvalue weighted by Gasteiger charge is -2.41. The molecule has 0 radical (unpaired) electrons. The van der Waals surface area contributed by atoms with E-state index in [1.165, 1.54) is 0 Å². The zero-order chi connectivity index (χ0) is 24.9. The maximum absolute atomic E-state index is 13.0. The summed E-state index contributed by atoms with van der Waals surface area (Å²) in [6.45, 7) is 17.0. The largest absolute Gasteiger partial charge is 0.483 e. The molecule has 0 aromatic heterocycles. The first-order chi connectivity index (χ1) is 15.3. The third-order valence-electron chi connectivity index (χ3n) is 6.24. The smallest absolute Gasteiger partial charge is 0.203 e. The zero-order valence-electron chi connectivity index (χ0n) is 21.7. The van der Waals surface area contributed by atoms with Gasteiger partial charge in [0.15, 0.2) is 8.32 Å². The molecule has 33 heavy (non-hydrogen) atoms. The van der Waals surface area contributed by atoms with Gasteiger partial charge in [0.2, 0.25) is 5.90 Å². The first-order valence-corrected chi connectivity index (χ1v) is 15.6. The minimum absolute atomic E-state index is 0.0376. The molecule has 6 heteroatoms. The Morgan fingerprint density at radius 1 is 0.939 bits per heavy atom. The Hall–Kier alpha value is -1.76. The van der Waals surface area contributed by atoms with Crippen LogP contribution in [0.2, 0.25) is 18.1 Å². The van der Waals surface area contributed by atoms with Crippen LogP contribution in [0.15, 0.2) is 65.1 Å². The van der Waals surface area contributed by atoms with E-state index in [1.807, 2.05) is 57.2 Å². The van der Waals surface area contributed by atoms with Gasteiger partial charge in [-0.2, -0.15) is 4.40 Å². The predicted octanol–water partition coefficient (Wildman–Crippen LogP) is 7.12. The van der Waals surface area contributed by atoms with E-state index in [1.54, 1.807) is 7.11 Å². The molecule has 2 aromatic rings. The van der Waals surface area contributed by atoms with Crippen molar-refractivity contribution in [3.8, 4) is 0 Å². The van der Waals surface area contributed by atoms with Crippen molar-refractivity contribution >= 4 is 25.2 Å².